The van der Waals surface area contributed by atoms with Crippen molar-refractivity contribution in [3.63, 3.8) is 0 Å². The summed E-state index contributed by atoms with van der Waals surface area (Å²) in [7, 11) is -3.49. The fourth-order valence-corrected chi connectivity index (χ4v) is 3.08. The molecule has 3 atom stereocenters. The highest BCUT2D eigenvalue weighted by Crippen LogP contribution is 2.25. The van der Waals surface area contributed by atoms with Gasteiger partial charge in [-0.05, 0) is 25.2 Å². The molecule has 0 aromatic heterocycles. The van der Waals surface area contributed by atoms with Crippen molar-refractivity contribution >= 4 is 10.0 Å². The molecule has 0 saturated carbocycles. The lowest BCUT2D eigenvalue weighted by Crippen LogP contribution is -2.40. The van der Waals surface area contributed by atoms with Gasteiger partial charge in [0, 0.05) is 6.61 Å². The Morgan fingerprint density at radius 3 is 2.60 bits per heavy atom. The maximum atomic E-state index is 11.4. The van der Waals surface area contributed by atoms with E-state index in [1.165, 1.54) is 0 Å². The lowest BCUT2D eigenvalue weighted by molar-refractivity contribution is -0.0563. The summed E-state index contributed by atoms with van der Waals surface area (Å²) in [5.41, 5.74) is 0. The normalized spacial score (nSPS) is 25.3. The van der Waals surface area contributed by atoms with E-state index in [4.69, 9.17) is 9.88 Å². The van der Waals surface area contributed by atoms with Crippen molar-refractivity contribution in [1.82, 2.24) is 0 Å². The second-order valence-corrected chi connectivity index (χ2v) is 5.93. The molecule has 4 nitrogen and oxygen atoms in total. The summed E-state index contributed by atoms with van der Waals surface area (Å²) in [4.78, 5) is 0. The van der Waals surface area contributed by atoms with E-state index < -0.39 is 15.3 Å². The molecule has 88 valence electrons. The molecule has 0 radical (unpaired) electrons. The number of sulfonamides is 1. The van der Waals surface area contributed by atoms with Crippen LogP contribution in [0.3, 0.4) is 0 Å². The third kappa shape index (κ3) is 3.59. The molecule has 15 heavy (non-hydrogen) atoms. The predicted octanol–water partition coefficient (Wildman–Crippen LogP) is 1.03. The Kier molecular flexibility index (Phi) is 4.31. The van der Waals surface area contributed by atoms with Crippen LogP contribution in [-0.4, -0.2) is 26.4 Å². The highest BCUT2D eigenvalue weighted by molar-refractivity contribution is 7.89. The van der Waals surface area contributed by atoms with Crippen LogP contribution in [0.15, 0.2) is 12.7 Å². The molecule has 0 aromatic rings. The average Bonchev–Trinajstić information content (AvgIpc) is 1.99. The van der Waals surface area contributed by atoms with Gasteiger partial charge in [0.2, 0.25) is 10.0 Å². The second-order valence-electron chi connectivity index (χ2n) is 4.15. The van der Waals surface area contributed by atoms with E-state index in [0.29, 0.717) is 12.8 Å². The van der Waals surface area contributed by atoms with Crippen LogP contribution >= 0.6 is 0 Å². The first-order chi connectivity index (χ1) is 6.95. The minimum Gasteiger partial charge on any atom is -0.378 e. The van der Waals surface area contributed by atoms with Gasteiger partial charge in [0.05, 0.1) is 11.4 Å². The fraction of sp³-hybridized carbons (Fsp3) is 0.800. The fourth-order valence-electron chi connectivity index (χ4n) is 1.83. The monoisotopic (exact) mass is 233 g/mol. The third-order valence-corrected chi connectivity index (χ3v) is 4.38. The van der Waals surface area contributed by atoms with Gasteiger partial charge in [0.25, 0.3) is 0 Å². The van der Waals surface area contributed by atoms with Crippen molar-refractivity contribution in [2.45, 2.75) is 37.5 Å². The van der Waals surface area contributed by atoms with Crippen LogP contribution in [0.25, 0.3) is 0 Å². The van der Waals surface area contributed by atoms with Crippen LogP contribution in [-0.2, 0) is 14.8 Å². The third-order valence-electron chi connectivity index (χ3n) is 2.88. The molecule has 1 saturated heterocycles. The highest BCUT2D eigenvalue weighted by atomic mass is 32.2. The van der Waals surface area contributed by atoms with E-state index in [1.54, 1.807) is 6.08 Å². The molecule has 1 rings (SSSR count). The standard InChI is InChI=1S/C10H19NO3S/c1-3-4-8(2)10(15(11,12)13)7-9-5-6-14-9/h3,8-10H,1,4-7H2,2H3,(H2,11,12,13)/t8-,9+,10+/m1/s1. The van der Waals surface area contributed by atoms with E-state index in [1.807, 2.05) is 6.92 Å². The summed E-state index contributed by atoms with van der Waals surface area (Å²) in [5.74, 6) is 0.00157. The highest BCUT2D eigenvalue weighted by Gasteiger charge is 2.32. The number of hydrogen-bond acceptors (Lipinski definition) is 3. The van der Waals surface area contributed by atoms with Crippen molar-refractivity contribution in [3.05, 3.63) is 12.7 Å². The zero-order valence-corrected chi connectivity index (χ0v) is 9.87. The van der Waals surface area contributed by atoms with Gasteiger partial charge in [-0.15, -0.1) is 6.58 Å². The Labute approximate surface area is 91.5 Å². The summed E-state index contributed by atoms with van der Waals surface area (Å²) in [6.45, 7) is 6.23. The topological polar surface area (TPSA) is 69.4 Å². The van der Waals surface area contributed by atoms with E-state index in [2.05, 4.69) is 6.58 Å². The molecule has 0 aliphatic carbocycles. The van der Waals surface area contributed by atoms with Gasteiger partial charge in [-0.3, -0.25) is 0 Å². The Morgan fingerprint density at radius 2 is 2.27 bits per heavy atom. The van der Waals surface area contributed by atoms with Crippen LogP contribution in [0.5, 0.6) is 0 Å². The Hall–Kier alpha value is -0.390. The van der Waals surface area contributed by atoms with Crippen LogP contribution in [0.2, 0.25) is 0 Å². The minimum atomic E-state index is -3.49. The van der Waals surface area contributed by atoms with Crippen LogP contribution in [0.1, 0.15) is 26.2 Å². The summed E-state index contributed by atoms with van der Waals surface area (Å²) in [6, 6.07) is 0. The summed E-state index contributed by atoms with van der Waals surface area (Å²) in [5, 5.41) is 4.71. The van der Waals surface area contributed by atoms with Crippen LogP contribution < -0.4 is 5.14 Å². The van der Waals surface area contributed by atoms with Crippen molar-refractivity contribution in [1.29, 1.82) is 0 Å². The zero-order chi connectivity index (χ0) is 11.5. The quantitative estimate of drug-likeness (QED) is 0.697. The summed E-state index contributed by atoms with van der Waals surface area (Å²) >= 11 is 0. The number of rotatable bonds is 6. The lowest BCUT2D eigenvalue weighted by Gasteiger charge is -2.31. The van der Waals surface area contributed by atoms with Gasteiger partial charge in [-0.25, -0.2) is 13.6 Å². The number of primary sulfonamides is 1. The number of allylic oxidation sites excluding steroid dienone is 1. The van der Waals surface area contributed by atoms with E-state index in [-0.39, 0.29) is 12.0 Å². The molecule has 1 aliphatic rings. The van der Waals surface area contributed by atoms with Crippen molar-refractivity contribution in [2.75, 3.05) is 6.61 Å². The smallest absolute Gasteiger partial charge is 0.212 e. The molecule has 2 N–H and O–H groups in total. The van der Waals surface area contributed by atoms with E-state index in [9.17, 15) is 8.42 Å². The summed E-state index contributed by atoms with van der Waals surface area (Å²) in [6.07, 6.45) is 3.90. The van der Waals surface area contributed by atoms with E-state index >= 15 is 0 Å². The molecule has 1 fully saturated rings. The van der Waals surface area contributed by atoms with Crippen molar-refractivity contribution in [2.24, 2.45) is 11.1 Å². The average molecular weight is 233 g/mol. The zero-order valence-electron chi connectivity index (χ0n) is 9.06. The van der Waals surface area contributed by atoms with Gasteiger partial charge in [0.1, 0.15) is 0 Å². The number of ether oxygens (including phenoxy) is 1. The lowest BCUT2D eigenvalue weighted by atomic mass is 9.96. The van der Waals surface area contributed by atoms with Crippen LogP contribution in [0.4, 0.5) is 0 Å². The molecule has 0 aromatic carbocycles. The molecule has 1 heterocycles. The molecule has 5 heteroatoms. The number of nitrogens with two attached hydrogens (primary N) is 1. The Morgan fingerprint density at radius 1 is 1.67 bits per heavy atom. The molecular weight excluding hydrogens is 214 g/mol. The number of hydrogen-bond donors (Lipinski definition) is 1. The van der Waals surface area contributed by atoms with Crippen molar-refractivity contribution in [3.8, 4) is 0 Å². The molecule has 0 bridgehead atoms. The maximum Gasteiger partial charge on any atom is 0.212 e. The van der Waals surface area contributed by atoms with Gasteiger partial charge in [-0.1, -0.05) is 13.0 Å². The van der Waals surface area contributed by atoms with Crippen molar-refractivity contribution < 1.29 is 13.2 Å². The van der Waals surface area contributed by atoms with Gasteiger partial charge in [-0.2, -0.15) is 0 Å². The first-order valence-corrected chi connectivity index (χ1v) is 6.80. The maximum absolute atomic E-state index is 11.4. The molecule has 0 amide bonds. The van der Waals surface area contributed by atoms with Crippen LogP contribution in [0, 0.1) is 5.92 Å². The van der Waals surface area contributed by atoms with E-state index in [0.717, 1.165) is 13.0 Å². The Bertz CT molecular complexity index is 309. The molecule has 1 aliphatic heterocycles. The van der Waals surface area contributed by atoms with Gasteiger partial charge >= 0.3 is 0 Å². The molecular formula is C10H19NO3S. The minimum absolute atomic E-state index is 0.00157. The SMILES string of the molecule is C=CC[C@@H](C)[C@H](C[C@@H]1CCO1)S(N)(=O)=O. The first-order valence-electron chi connectivity index (χ1n) is 5.19. The predicted molar refractivity (Wildman–Crippen MR) is 59.8 cm³/mol. The summed E-state index contributed by atoms with van der Waals surface area (Å²) < 4.78 is 28.1. The van der Waals surface area contributed by atoms with Gasteiger partial charge < -0.3 is 4.74 Å². The largest absolute Gasteiger partial charge is 0.378 e. The Balaban J connectivity index is 2.63. The first kappa shape index (κ1) is 12.7. The molecule has 0 unspecified atom stereocenters. The van der Waals surface area contributed by atoms with Gasteiger partial charge in [0.15, 0.2) is 0 Å². The molecule has 0 spiro atoms. The second kappa shape index (κ2) is 5.09.